The first-order chi connectivity index (χ1) is 13.3. The van der Waals surface area contributed by atoms with Crippen LogP contribution in [0.4, 0.5) is 0 Å². The van der Waals surface area contributed by atoms with E-state index in [4.69, 9.17) is 13.7 Å². The van der Waals surface area contributed by atoms with Gasteiger partial charge in [-0.1, -0.05) is 36.4 Å². The highest BCUT2D eigenvalue weighted by Gasteiger charge is 2.17. The molecule has 7 nitrogen and oxygen atoms in total. The van der Waals surface area contributed by atoms with E-state index in [1.54, 1.807) is 30.2 Å². The van der Waals surface area contributed by atoms with E-state index in [0.29, 0.717) is 25.4 Å². The number of methoxy groups -OCH3 is 2. The maximum absolute atomic E-state index is 12.8. The summed E-state index contributed by atoms with van der Waals surface area (Å²) in [5.41, 5.74) is 1.64. The Kier molecular flexibility index (Phi) is 7.83. The number of carbonyl (C=O) groups excluding carboxylic acids is 1. The summed E-state index contributed by atoms with van der Waals surface area (Å²) in [6.07, 6.45) is 1.24. The van der Waals surface area contributed by atoms with Crippen LogP contribution in [0, 0.1) is 0 Å². The predicted octanol–water partition coefficient (Wildman–Crippen LogP) is 2.25. The summed E-state index contributed by atoms with van der Waals surface area (Å²) >= 11 is 0. The zero-order valence-electron chi connectivity index (χ0n) is 16.3. The fraction of sp³-hybridized carbons (Fsp3) is 0.350. The third-order valence-corrected chi connectivity index (χ3v) is 4.44. The van der Waals surface area contributed by atoms with Crippen LogP contribution in [-0.4, -0.2) is 52.9 Å². The van der Waals surface area contributed by atoms with Gasteiger partial charge in [-0.25, -0.2) is 0 Å². The van der Waals surface area contributed by atoms with E-state index in [0.717, 1.165) is 17.4 Å². The van der Waals surface area contributed by atoms with Crippen molar-refractivity contribution in [2.75, 3.05) is 33.6 Å². The van der Waals surface area contributed by atoms with Gasteiger partial charge in [0.25, 0.3) is 0 Å². The molecule has 0 N–H and O–H groups in total. The van der Waals surface area contributed by atoms with Crippen molar-refractivity contribution in [1.29, 1.82) is 0 Å². The molecule has 0 heterocycles. The van der Waals surface area contributed by atoms with E-state index in [2.05, 4.69) is 0 Å². The van der Waals surface area contributed by atoms with Gasteiger partial charge in [0.2, 0.25) is 5.91 Å². The molecule has 0 saturated heterocycles. The summed E-state index contributed by atoms with van der Waals surface area (Å²) in [6, 6.07) is 14.4. The summed E-state index contributed by atoms with van der Waals surface area (Å²) in [6.45, 7) is 1.10. The van der Waals surface area contributed by atoms with E-state index >= 15 is 0 Å². The molecule has 28 heavy (non-hydrogen) atoms. The van der Waals surface area contributed by atoms with Gasteiger partial charge in [0, 0.05) is 20.2 Å². The van der Waals surface area contributed by atoms with Crippen LogP contribution in [0.15, 0.2) is 48.5 Å². The standard InChI is InChI=1S/C20H25NO6S/c1-25-12-11-21(20(22)14-16-7-5-4-6-8-16)15-17-9-10-18(26-2)19(13-17)27-28(3,23)24/h4-10,13H,11-12,14-15H2,1-3H3. The lowest BCUT2D eigenvalue weighted by Crippen LogP contribution is -2.34. The van der Waals surface area contributed by atoms with Crippen molar-refractivity contribution in [3.8, 4) is 11.5 Å². The van der Waals surface area contributed by atoms with Gasteiger partial charge < -0.3 is 18.6 Å². The summed E-state index contributed by atoms with van der Waals surface area (Å²) < 4.78 is 38.3. The van der Waals surface area contributed by atoms with Crippen molar-refractivity contribution in [2.24, 2.45) is 0 Å². The van der Waals surface area contributed by atoms with E-state index in [1.807, 2.05) is 30.3 Å². The summed E-state index contributed by atoms with van der Waals surface area (Å²) in [7, 11) is -0.703. The minimum Gasteiger partial charge on any atom is -0.493 e. The van der Waals surface area contributed by atoms with Gasteiger partial charge in [-0.05, 0) is 23.3 Å². The molecule has 0 aliphatic rings. The van der Waals surface area contributed by atoms with E-state index in [1.165, 1.54) is 7.11 Å². The molecule has 0 bridgehead atoms. The van der Waals surface area contributed by atoms with Gasteiger partial charge in [0.05, 0.1) is 26.4 Å². The van der Waals surface area contributed by atoms with Crippen LogP contribution in [-0.2, 0) is 32.6 Å². The smallest absolute Gasteiger partial charge is 0.306 e. The highest BCUT2D eigenvalue weighted by atomic mass is 32.2. The Hall–Kier alpha value is -2.58. The van der Waals surface area contributed by atoms with Gasteiger partial charge in [0.15, 0.2) is 11.5 Å². The van der Waals surface area contributed by atoms with Crippen LogP contribution in [0.25, 0.3) is 0 Å². The van der Waals surface area contributed by atoms with Crippen LogP contribution >= 0.6 is 0 Å². The highest BCUT2D eigenvalue weighted by molar-refractivity contribution is 7.86. The lowest BCUT2D eigenvalue weighted by Gasteiger charge is -2.23. The van der Waals surface area contributed by atoms with Crippen molar-refractivity contribution in [1.82, 2.24) is 4.90 Å². The molecule has 0 radical (unpaired) electrons. The zero-order chi connectivity index (χ0) is 20.6. The number of rotatable bonds is 10. The monoisotopic (exact) mass is 407 g/mol. The van der Waals surface area contributed by atoms with Crippen LogP contribution in [0.3, 0.4) is 0 Å². The first-order valence-electron chi connectivity index (χ1n) is 8.69. The topological polar surface area (TPSA) is 82.1 Å². The minimum absolute atomic E-state index is 0.0513. The largest absolute Gasteiger partial charge is 0.493 e. The number of benzene rings is 2. The number of hydrogen-bond donors (Lipinski definition) is 0. The maximum Gasteiger partial charge on any atom is 0.306 e. The summed E-state index contributed by atoms with van der Waals surface area (Å²) in [5.74, 6) is 0.336. The molecule has 0 fully saturated rings. The first kappa shape index (κ1) is 21.7. The van der Waals surface area contributed by atoms with Crippen molar-refractivity contribution in [2.45, 2.75) is 13.0 Å². The summed E-state index contributed by atoms with van der Waals surface area (Å²) in [5, 5.41) is 0. The molecule has 0 saturated carbocycles. The Morgan fingerprint density at radius 2 is 1.71 bits per heavy atom. The van der Waals surface area contributed by atoms with Crippen LogP contribution in [0.1, 0.15) is 11.1 Å². The van der Waals surface area contributed by atoms with Gasteiger partial charge in [-0.15, -0.1) is 0 Å². The third kappa shape index (κ3) is 6.86. The van der Waals surface area contributed by atoms with Gasteiger partial charge >= 0.3 is 10.1 Å². The fourth-order valence-electron chi connectivity index (χ4n) is 2.64. The number of amides is 1. The van der Waals surface area contributed by atoms with Gasteiger partial charge in [0.1, 0.15) is 0 Å². The SMILES string of the molecule is COCCN(Cc1ccc(OC)c(OS(C)(=O)=O)c1)C(=O)Cc1ccccc1. The normalized spacial score (nSPS) is 11.1. The lowest BCUT2D eigenvalue weighted by atomic mass is 10.1. The quantitative estimate of drug-likeness (QED) is 0.562. The molecule has 2 rings (SSSR count). The predicted molar refractivity (Wildman–Crippen MR) is 106 cm³/mol. The number of hydrogen-bond acceptors (Lipinski definition) is 6. The van der Waals surface area contributed by atoms with Gasteiger partial charge in [-0.3, -0.25) is 4.79 Å². The fourth-order valence-corrected chi connectivity index (χ4v) is 3.10. The van der Waals surface area contributed by atoms with E-state index in [9.17, 15) is 13.2 Å². The first-order valence-corrected chi connectivity index (χ1v) is 10.5. The Labute approximate surface area is 166 Å². The Morgan fingerprint density at radius 1 is 1.00 bits per heavy atom. The van der Waals surface area contributed by atoms with Crippen LogP contribution in [0.2, 0.25) is 0 Å². The lowest BCUT2D eigenvalue weighted by molar-refractivity contribution is -0.131. The molecular weight excluding hydrogens is 382 g/mol. The summed E-state index contributed by atoms with van der Waals surface area (Å²) in [4.78, 5) is 14.4. The molecule has 0 unspecified atom stereocenters. The molecular formula is C20H25NO6S. The van der Waals surface area contributed by atoms with Gasteiger partial charge in [-0.2, -0.15) is 8.42 Å². The van der Waals surface area contributed by atoms with Crippen molar-refractivity contribution >= 4 is 16.0 Å². The Morgan fingerprint density at radius 3 is 2.32 bits per heavy atom. The molecule has 0 spiro atoms. The molecule has 1 amide bonds. The van der Waals surface area contributed by atoms with E-state index < -0.39 is 10.1 Å². The van der Waals surface area contributed by atoms with Crippen molar-refractivity contribution < 1.29 is 26.9 Å². The number of carbonyl (C=O) groups is 1. The van der Waals surface area contributed by atoms with E-state index in [-0.39, 0.29) is 18.1 Å². The van der Waals surface area contributed by atoms with Crippen molar-refractivity contribution in [3.63, 3.8) is 0 Å². The highest BCUT2D eigenvalue weighted by Crippen LogP contribution is 2.29. The molecule has 2 aromatic rings. The second-order valence-corrected chi connectivity index (χ2v) is 7.82. The van der Waals surface area contributed by atoms with Crippen LogP contribution in [0.5, 0.6) is 11.5 Å². The molecule has 0 aromatic heterocycles. The molecule has 0 aliphatic carbocycles. The number of ether oxygens (including phenoxy) is 2. The molecule has 0 atom stereocenters. The second-order valence-electron chi connectivity index (χ2n) is 6.24. The molecule has 8 heteroatoms. The minimum atomic E-state index is -3.71. The molecule has 152 valence electrons. The van der Waals surface area contributed by atoms with Crippen LogP contribution < -0.4 is 8.92 Å². The Balaban J connectivity index is 2.21. The molecule has 2 aromatic carbocycles. The third-order valence-electron chi connectivity index (χ3n) is 3.96. The Bertz CT molecular complexity index is 883. The molecule has 0 aliphatic heterocycles. The van der Waals surface area contributed by atoms with Crippen molar-refractivity contribution in [3.05, 3.63) is 59.7 Å². The maximum atomic E-state index is 12.8. The average Bonchev–Trinajstić information content (AvgIpc) is 2.64. The second kappa shape index (κ2) is 10.1. The average molecular weight is 407 g/mol. The number of nitrogens with zero attached hydrogens (tertiary/aromatic N) is 1. The zero-order valence-corrected chi connectivity index (χ0v) is 17.1.